The molecule has 0 spiro atoms. The number of aryl methyl sites for hydroxylation is 1. The molecule has 0 saturated heterocycles. The van der Waals surface area contributed by atoms with Gasteiger partial charge in [0.15, 0.2) is 6.61 Å². The lowest BCUT2D eigenvalue weighted by atomic mass is 10.2. The van der Waals surface area contributed by atoms with E-state index in [1.165, 1.54) is 0 Å². The van der Waals surface area contributed by atoms with E-state index >= 15 is 0 Å². The molecule has 0 aliphatic rings. The van der Waals surface area contributed by atoms with Gasteiger partial charge in [0, 0.05) is 0 Å². The molecule has 3 aromatic rings. The molecule has 6 heteroatoms. The molecule has 0 fully saturated rings. The van der Waals surface area contributed by atoms with Crippen molar-refractivity contribution in [3.63, 3.8) is 0 Å². The molecule has 0 radical (unpaired) electrons. The van der Waals surface area contributed by atoms with Crippen LogP contribution in [0.5, 0.6) is 11.5 Å². The molecule has 0 aliphatic carbocycles. The molecule has 0 atom stereocenters. The van der Waals surface area contributed by atoms with Crippen molar-refractivity contribution >= 4 is 11.8 Å². The van der Waals surface area contributed by atoms with Crippen molar-refractivity contribution in [2.24, 2.45) is 0 Å². The number of amides is 2. The number of para-hydroxylation sites is 1. The summed E-state index contributed by atoms with van der Waals surface area (Å²) >= 11 is 0. The Balaban J connectivity index is 1.51. The predicted molar refractivity (Wildman–Crippen MR) is 114 cm³/mol. The van der Waals surface area contributed by atoms with E-state index in [9.17, 15) is 9.59 Å². The van der Waals surface area contributed by atoms with Gasteiger partial charge in [-0.2, -0.15) is 0 Å². The fourth-order valence-corrected chi connectivity index (χ4v) is 2.75. The highest BCUT2D eigenvalue weighted by Gasteiger charge is 2.13. The number of hydrazine groups is 1. The van der Waals surface area contributed by atoms with E-state index < -0.39 is 11.8 Å². The first-order valence-electron chi connectivity index (χ1n) is 9.72. The highest BCUT2D eigenvalue weighted by molar-refractivity contribution is 5.97. The van der Waals surface area contributed by atoms with Crippen molar-refractivity contribution in [2.45, 2.75) is 20.0 Å². The van der Waals surface area contributed by atoms with E-state index in [4.69, 9.17) is 9.47 Å². The lowest BCUT2D eigenvalue weighted by Crippen LogP contribution is -2.43. The number of rotatable bonds is 8. The van der Waals surface area contributed by atoms with Gasteiger partial charge in [0.05, 0.1) is 5.56 Å². The van der Waals surface area contributed by atoms with E-state index in [2.05, 4.69) is 10.9 Å². The molecular formula is C24H24N2O4. The molecule has 0 heterocycles. The normalized spacial score (nSPS) is 10.2. The largest absolute Gasteiger partial charge is 0.488 e. The Morgan fingerprint density at radius 2 is 1.53 bits per heavy atom. The van der Waals surface area contributed by atoms with Crippen molar-refractivity contribution in [1.82, 2.24) is 10.9 Å². The molecule has 2 N–H and O–H groups in total. The van der Waals surface area contributed by atoms with Crippen LogP contribution < -0.4 is 20.3 Å². The van der Waals surface area contributed by atoms with Crippen LogP contribution in [0.15, 0.2) is 78.9 Å². The van der Waals surface area contributed by atoms with E-state index in [1.54, 1.807) is 30.3 Å². The molecule has 3 aromatic carbocycles. The Morgan fingerprint density at radius 1 is 0.800 bits per heavy atom. The molecule has 2 amide bonds. The number of carbonyl (C=O) groups is 2. The van der Waals surface area contributed by atoms with Crippen LogP contribution >= 0.6 is 0 Å². The van der Waals surface area contributed by atoms with Gasteiger partial charge in [-0.05, 0) is 41.8 Å². The molecule has 0 unspecified atom stereocenters. The summed E-state index contributed by atoms with van der Waals surface area (Å²) < 4.78 is 11.3. The third-order valence-corrected chi connectivity index (χ3v) is 4.36. The van der Waals surface area contributed by atoms with Crippen LogP contribution in [-0.2, 0) is 17.8 Å². The Hall–Kier alpha value is -3.80. The summed E-state index contributed by atoms with van der Waals surface area (Å²) in [5.74, 6) is 0.101. The van der Waals surface area contributed by atoms with E-state index in [-0.39, 0.29) is 6.61 Å². The SMILES string of the molecule is CCc1cccc(OCC(=O)NNC(=O)c2ccccc2OCc2ccccc2)c1. The highest BCUT2D eigenvalue weighted by Crippen LogP contribution is 2.19. The number of carbonyl (C=O) groups excluding carboxylic acids is 2. The Bertz CT molecular complexity index is 989. The highest BCUT2D eigenvalue weighted by atomic mass is 16.5. The zero-order valence-electron chi connectivity index (χ0n) is 16.8. The van der Waals surface area contributed by atoms with Gasteiger partial charge in [0.25, 0.3) is 11.8 Å². The fraction of sp³-hybridized carbons (Fsp3) is 0.167. The van der Waals surface area contributed by atoms with E-state index in [0.29, 0.717) is 23.7 Å². The molecule has 154 valence electrons. The van der Waals surface area contributed by atoms with Crippen molar-refractivity contribution in [3.05, 3.63) is 95.6 Å². The number of hydrogen-bond acceptors (Lipinski definition) is 4. The first-order valence-corrected chi connectivity index (χ1v) is 9.72. The first kappa shape index (κ1) is 20.9. The average Bonchev–Trinajstić information content (AvgIpc) is 2.81. The van der Waals surface area contributed by atoms with Gasteiger partial charge >= 0.3 is 0 Å². The number of nitrogens with one attached hydrogen (secondary N) is 2. The minimum atomic E-state index is -0.472. The minimum absolute atomic E-state index is 0.209. The quantitative estimate of drug-likeness (QED) is 0.562. The second-order valence-corrected chi connectivity index (χ2v) is 6.56. The van der Waals surface area contributed by atoms with Gasteiger partial charge in [-0.1, -0.05) is 61.5 Å². The third kappa shape index (κ3) is 6.10. The van der Waals surface area contributed by atoms with Crippen molar-refractivity contribution in [2.75, 3.05) is 6.61 Å². The Kier molecular flexibility index (Phi) is 7.44. The predicted octanol–water partition coefficient (Wildman–Crippen LogP) is 3.67. The molecule has 3 rings (SSSR count). The van der Waals surface area contributed by atoms with Gasteiger partial charge in [-0.3, -0.25) is 20.4 Å². The smallest absolute Gasteiger partial charge is 0.276 e. The van der Waals surface area contributed by atoms with Crippen LogP contribution in [0.4, 0.5) is 0 Å². The maximum atomic E-state index is 12.5. The summed E-state index contributed by atoms with van der Waals surface area (Å²) in [7, 11) is 0. The molecular weight excluding hydrogens is 380 g/mol. The molecule has 0 aliphatic heterocycles. The number of ether oxygens (including phenoxy) is 2. The van der Waals surface area contributed by atoms with Crippen LogP contribution in [0.25, 0.3) is 0 Å². The Labute approximate surface area is 175 Å². The van der Waals surface area contributed by atoms with Crippen LogP contribution in [0.1, 0.15) is 28.4 Å². The maximum absolute atomic E-state index is 12.5. The third-order valence-electron chi connectivity index (χ3n) is 4.36. The van der Waals surface area contributed by atoms with Crippen molar-refractivity contribution in [3.8, 4) is 11.5 Å². The van der Waals surface area contributed by atoms with Crippen LogP contribution in [0, 0.1) is 0 Å². The van der Waals surface area contributed by atoms with Crippen LogP contribution in [-0.4, -0.2) is 18.4 Å². The summed E-state index contributed by atoms with van der Waals surface area (Å²) in [6, 6.07) is 24.1. The first-order chi connectivity index (χ1) is 14.7. The molecule has 0 saturated carbocycles. The monoisotopic (exact) mass is 404 g/mol. The zero-order chi connectivity index (χ0) is 21.2. The summed E-state index contributed by atoms with van der Waals surface area (Å²) in [4.78, 5) is 24.5. The second kappa shape index (κ2) is 10.7. The van der Waals surface area contributed by atoms with Crippen molar-refractivity contribution in [1.29, 1.82) is 0 Å². The maximum Gasteiger partial charge on any atom is 0.276 e. The van der Waals surface area contributed by atoms with Gasteiger partial charge in [0.1, 0.15) is 18.1 Å². The Morgan fingerprint density at radius 3 is 2.33 bits per heavy atom. The standard InChI is InChI=1S/C24H24N2O4/c1-2-18-11-8-12-20(15-18)29-17-23(27)25-26-24(28)21-13-6-7-14-22(21)30-16-19-9-4-3-5-10-19/h3-15H,2,16-17H2,1H3,(H,25,27)(H,26,28). The second-order valence-electron chi connectivity index (χ2n) is 6.56. The summed E-state index contributed by atoms with van der Waals surface area (Å²) in [5.41, 5.74) is 7.19. The lowest BCUT2D eigenvalue weighted by molar-refractivity contribution is -0.123. The van der Waals surface area contributed by atoms with Gasteiger partial charge < -0.3 is 9.47 Å². The molecule has 6 nitrogen and oxygen atoms in total. The minimum Gasteiger partial charge on any atom is -0.488 e. The fourth-order valence-electron chi connectivity index (χ4n) is 2.75. The van der Waals surface area contributed by atoms with Gasteiger partial charge in [0.2, 0.25) is 0 Å². The summed E-state index contributed by atoms with van der Waals surface area (Å²) in [6.07, 6.45) is 0.880. The average molecular weight is 404 g/mol. The van der Waals surface area contributed by atoms with E-state index in [1.807, 2.05) is 55.5 Å². The molecule has 0 aromatic heterocycles. The molecule has 0 bridgehead atoms. The number of benzene rings is 3. The lowest BCUT2D eigenvalue weighted by Gasteiger charge is -2.13. The van der Waals surface area contributed by atoms with E-state index in [0.717, 1.165) is 17.5 Å². The van der Waals surface area contributed by atoms with Crippen LogP contribution in [0.2, 0.25) is 0 Å². The topological polar surface area (TPSA) is 76.7 Å². The number of hydrogen-bond donors (Lipinski definition) is 2. The van der Waals surface area contributed by atoms with Gasteiger partial charge in [-0.25, -0.2) is 0 Å². The zero-order valence-corrected chi connectivity index (χ0v) is 16.8. The van der Waals surface area contributed by atoms with Gasteiger partial charge in [-0.15, -0.1) is 0 Å². The molecule has 30 heavy (non-hydrogen) atoms. The summed E-state index contributed by atoms with van der Waals surface area (Å²) in [5, 5.41) is 0. The summed E-state index contributed by atoms with van der Waals surface area (Å²) in [6.45, 7) is 2.17. The van der Waals surface area contributed by atoms with Crippen LogP contribution in [0.3, 0.4) is 0 Å². The van der Waals surface area contributed by atoms with Crippen molar-refractivity contribution < 1.29 is 19.1 Å².